The van der Waals surface area contributed by atoms with Crippen LogP contribution in [0.1, 0.15) is 18.4 Å². The molecule has 0 aromatic heterocycles. The molecule has 1 N–H and O–H groups in total. The van der Waals surface area contributed by atoms with Crippen molar-refractivity contribution < 1.29 is 22.7 Å². The Morgan fingerprint density at radius 1 is 1.20 bits per heavy atom. The number of ether oxygens (including phenoxy) is 1. The Morgan fingerprint density at radius 3 is 2.63 bits per heavy atom. The maximum absolute atomic E-state index is 12.5. The molecule has 1 atom stereocenters. The number of sulfone groups is 1. The van der Waals surface area contributed by atoms with E-state index < -0.39 is 15.8 Å². The molecule has 7 nitrogen and oxygen atoms in total. The van der Waals surface area contributed by atoms with E-state index in [1.165, 1.54) is 0 Å². The molecule has 30 heavy (non-hydrogen) atoms. The zero-order valence-electron chi connectivity index (χ0n) is 17.1. The molecule has 2 aromatic rings. The molecule has 1 fully saturated rings. The number of aryl methyl sites for hydroxylation is 1. The molecule has 0 radical (unpaired) electrons. The van der Waals surface area contributed by atoms with Crippen LogP contribution < -0.4 is 15.0 Å². The fourth-order valence-electron chi connectivity index (χ4n) is 3.49. The first kappa shape index (κ1) is 21.8. The molecular weight excluding hydrogens is 404 g/mol. The molecule has 0 spiro atoms. The van der Waals surface area contributed by atoms with Gasteiger partial charge in [0.15, 0.2) is 9.84 Å². The van der Waals surface area contributed by atoms with Gasteiger partial charge in [-0.15, -0.1) is 0 Å². The zero-order chi connectivity index (χ0) is 21.7. The average Bonchev–Trinajstić information content (AvgIpc) is 3.13. The Hall–Kier alpha value is -2.87. The number of nitrogens with zero attached hydrogens (tertiary/aromatic N) is 1. The van der Waals surface area contributed by atoms with Crippen molar-refractivity contribution in [1.29, 1.82) is 0 Å². The van der Waals surface area contributed by atoms with Crippen molar-refractivity contribution in [3.63, 3.8) is 0 Å². The van der Waals surface area contributed by atoms with Crippen LogP contribution >= 0.6 is 0 Å². The minimum absolute atomic E-state index is 0.0481. The maximum atomic E-state index is 12.5. The summed E-state index contributed by atoms with van der Waals surface area (Å²) in [6.07, 6.45) is 0.421. The Morgan fingerprint density at radius 2 is 1.93 bits per heavy atom. The Labute approximate surface area is 177 Å². The van der Waals surface area contributed by atoms with Crippen molar-refractivity contribution in [3.05, 3.63) is 54.1 Å². The van der Waals surface area contributed by atoms with Crippen LogP contribution in [0.3, 0.4) is 0 Å². The first-order chi connectivity index (χ1) is 14.3. The molecular formula is C22H26N2O5S. The topological polar surface area (TPSA) is 92.8 Å². The molecule has 1 saturated heterocycles. The monoisotopic (exact) mass is 430 g/mol. The summed E-state index contributed by atoms with van der Waals surface area (Å²) in [6.45, 7) is 2.44. The lowest BCUT2D eigenvalue weighted by Crippen LogP contribution is -2.34. The van der Waals surface area contributed by atoms with Gasteiger partial charge in [-0.2, -0.15) is 0 Å². The summed E-state index contributed by atoms with van der Waals surface area (Å²) in [7, 11) is -1.83. The Balaban J connectivity index is 1.54. The van der Waals surface area contributed by atoms with Gasteiger partial charge in [0.2, 0.25) is 11.8 Å². The van der Waals surface area contributed by atoms with Crippen LogP contribution in [0, 0.1) is 12.8 Å². The van der Waals surface area contributed by atoms with Crippen LogP contribution in [-0.4, -0.2) is 46.2 Å². The summed E-state index contributed by atoms with van der Waals surface area (Å²) < 4.78 is 29.9. The number of hydrogen-bond acceptors (Lipinski definition) is 5. The molecule has 0 aliphatic carbocycles. The summed E-state index contributed by atoms with van der Waals surface area (Å²) in [4.78, 5) is 26.9. The highest BCUT2D eigenvalue weighted by atomic mass is 32.2. The van der Waals surface area contributed by atoms with E-state index in [0.717, 1.165) is 5.56 Å². The van der Waals surface area contributed by atoms with E-state index in [4.69, 9.17) is 4.74 Å². The third-order valence-electron chi connectivity index (χ3n) is 5.11. The number of carbonyl (C=O) groups is 2. The predicted molar refractivity (Wildman–Crippen MR) is 114 cm³/mol. The highest BCUT2D eigenvalue weighted by molar-refractivity contribution is 7.91. The Kier molecular flexibility index (Phi) is 6.77. The summed E-state index contributed by atoms with van der Waals surface area (Å²) in [5.41, 5.74) is 1.65. The van der Waals surface area contributed by atoms with E-state index in [-0.39, 0.29) is 42.0 Å². The van der Waals surface area contributed by atoms with Gasteiger partial charge in [0.1, 0.15) is 5.75 Å². The number of nitrogens with one attached hydrogen (secondary N) is 1. The number of anilines is 1. The number of methoxy groups -OCH3 is 1. The van der Waals surface area contributed by atoms with Gasteiger partial charge >= 0.3 is 0 Å². The largest absolute Gasteiger partial charge is 0.495 e. The normalized spacial score (nSPS) is 16.5. The van der Waals surface area contributed by atoms with Gasteiger partial charge in [0.05, 0.1) is 29.4 Å². The van der Waals surface area contributed by atoms with Crippen LogP contribution in [-0.2, 0) is 19.4 Å². The van der Waals surface area contributed by atoms with Crippen molar-refractivity contribution in [2.45, 2.75) is 24.7 Å². The van der Waals surface area contributed by atoms with Crippen LogP contribution in [0.15, 0.2) is 53.4 Å². The summed E-state index contributed by atoms with van der Waals surface area (Å²) in [5, 5.41) is 2.77. The number of benzene rings is 2. The van der Waals surface area contributed by atoms with Crippen LogP contribution in [0.2, 0.25) is 0 Å². The number of rotatable bonds is 8. The minimum atomic E-state index is -3.37. The van der Waals surface area contributed by atoms with Gasteiger partial charge in [0.25, 0.3) is 0 Å². The van der Waals surface area contributed by atoms with Crippen molar-refractivity contribution in [1.82, 2.24) is 5.32 Å². The third-order valence-corrected chi connectivity index (χ3v) is 6.93. The molecule has 1 heterocycles. The Bertz CT molecular complexity index is 1020. The lowest BCUT2D eigenvalue weighted by atomic mass is 10.1. The van der Waals surface area contributed by atoms with E-state index in [2.05, 4.69) is 5.32 Å². The first-order valence-electron chi connectivity index (χ1n) is 9.82. The van der Waals surface area contributed by atoms with Crippen molar-refractivity contribution >= 4 is 27.3 Å². The van der Waals surface area contributed by atoms with E-state index in [1.807, 2.05) is 19.1 Å². The van der Waals surface area contributed by atoms with Gasteiger partial charge in [-0.3, -0.25) is 9.59 Å². The lowest BCUT2D eigenvalue weighted by molar-refractivity contribution is -0.126. The number of carbonyl (C=O) groups excluding carboxylic acids is 2. The van der Waals surface area contributed by atoms with Crippen molar-refractivity contribution in [2.75, 3.05) is 30.9 Å². The maximum Gasteiger partial charge on any atom is 0.227 e. The number of amides is 2. The second-order valence-electron chi connectivity index (χ2n) is 7.36. The molecule has 1 aliphatic rings. The van der Waals surface area contributed by atoms with Gasteiger partial charge in [-0.1, -0.05) is 24.3 Å². The van der Waals surface area contributed by atoms with Crippen LogP contribution in [0.5, 0.6) is 5.75 Å². The van der Waals surface area contributed by atoms with Crippen LogP contribution in [0.4, 0.5) is 5.69 Å². The lowest BCUT2D eigenvalue weighted by Gasteiger charge is -2.20. The fourth-order valence-corrected chi connectivity index (χ4v) is 4.82. The SMILES string of the molecule is COc1ccc(C)cc1N1CC(C(=O)NCCCS(=O)(=O)c2ccccc2)CC1=O. The standard InChI is InChI=1S/C22H26N2O5S/c1-16-9-10-20(29-2)19(13-16)24-15-17(14-21(24)25)22(26)23-11-6-12-30(27,28)18-7-4-3-5-8-18/h3-5,7-10,13,17H,6,11-12,14-15H2,1-2H3,(H,23,26). The number of hydrogen-bond donors (Lipinski definition) is 1. The van der Waals surface area contributed by atoms with Gasteiger partial charge in [0, 0.05) is 19.5 Å². The van der Waals surface area contributed by atoms with E-state index in [0.29, 0.717) is 17.9 Å². The first-order valence-corrected chi connectivity index (χ1v) is 11.5. The molecule has 2 aromatic carbocycles. The van der Waals surface area contributed by atoms with Gasteiger partial charge < -0.3 is 15.0 Å². The molecule has 1 aliphatic heterocycles. The summed E-state index contributed by atoms with van der Waals surface area (Å²) in [6, 6.07) is 13.8. The zero-order valence-corrected chi connectivity index (χ0v) is 17.9. The highest BCUT2D eigenvalue weighted by Crippen LogP contribution is 2.33. The fraction of sp³-hybridized carbons (Fsp3) is 0.364. The second-order valence-corrected chi connectivity index (χ2v) is 9.47. The predicted octanol–water partition coefficient (Wildman–Crippen LogP) is 2.34. The van der Waals surface area contributed by atoms with E-state index >= 15 is 0 Å². The minimum Gasteiger partial charge on any atom is -0.495 e. The smallest absolute Gasteiger partial charge is 0.227 e. The molecule has 0 saturated carbocycles. The molecule has 3 rings (SSSR count). The molecule has 160 valence electrons. The molecule has 0 bridgehead atoms. The summed E-state index contributed by atoms with van der Waals surface area (Å²) in [5.74, 6) is -0.317. The molecule has 2 amide bonds. The second kappa shape index (κ2) is 9.30. The molecule has 8 heteroatoms. The third kappa shape index (κ3) is 4.99. The van der Waals surface area contributed by atoms with Crippen molar-refractivity contribution in [3.8, 4) is 5.75 Å². The van der Waals surface area contributed by atoms with Crippen molar-refractivity contribution in [2.24, 2.45) is 5.92 Å². The van der Waals surface area contributed by atoms with E-state index in [1.54, 1.807) is 48.4 Å². The average molecular weight is 431 g/mol. The molecule has 1 unspecified atom stereocenters. The van der Waals surface area contributed by atoms with Crippen LogP contribution in [0.25, 0.3) is 0 Å². The van der Waals surface area contributed by atoms with Gasteiger partial charge in [-0.05, 0) is 43.2 Å². The quantitative estimate of drug-likeness (QED) is 0.649. The highest BCUT2D eigenvalue weighted by Gasteiger charge is 2.36. The summed E-state index contributed by atoms with van der Waals surface area (Å²) >= 11 is 0. The van der Waals surface area contributed by atoms with Gasteiger partial charge in [-0.25, -0.2) is 8.42 Å². The van der Waals surface area contributed by atoms with E-state index in [9.17, 15) is 18.0 Å².